The van der Waals surface area contributed by atoms with Crippen molar-refractivity contribution in [3.63, 3.8) is 0 Å². The number of benzene rings is 2. The van der Waals surface area contributed by atoms with Crippen LogP contribution in [0.25, 0.3) is 11.1 Å². The van der Waals surface area contributed by atoms with Gasteiger partial charge >= 0.3 is 0 Å². The lowest BCUT2D eigenvalue weighted by Gasteiger charge is -2.19. The maximum Gasteiger partial charge on any atom is -0.0149 e. The fraction of sp³-hybridized carbons (Fsp3) is 0.500. The summed E-state index contributed by atoms with van der Waals surface area (Å²) in [5, 5.41) is 0. The Morgan fingerprint density at radius 3 is 1.79 bits per heavy atom. The zero-order valence-corrected chi connectivity index (χ0v) is 15.9. The Morgan fingerprint density at radius 2 is 1.17 bits per heavy atom. The van der Waals surface area contributed by atoms with Gasteiger partial charge in [0.1, 0.15) is 0 Å². The Labute approximate surface area is 149 Å². The van der Waals surface area contributed by atoms with Crippen LogP contribution in [0.5, 0.6) is 0 Å². The van der Waals surface area contributed by atoms with Crippen LogP contribution in [0.15, 0.2) is 42.5 Å². The van der Waals surface area contributed by atoms with Crippen LogP contribution in [0, 0.1) is 0 Å². The van der Waals surface area contributed by atoms with Gasteiger partial charge in [0.2, 0.25) is 0 Å². The van der Waals surface area contributed by atoms with Crippen LogP contribution < -0.4 is 0 Å². The van der Waals surface area contributed by atoms with Crippen LogP contribution in [0.1, 0.15) is 76.0 Å². The Hall–Kier alpha value is -1.56. The maximum atomic E-state index is 2.42. The second-order valence-corrected chi connectivity index (χ2v) is 6.91. The summed E-state index contributed by atoms with van der Waals surface area (Å²) in [5.41, 5.74) is 7.75. The Bertz CT molecular complexity index is 595. The van der Waals surface area contributed by atoms with Crippen molar-refractivity contribution >= 4 is 0 Å². The first-order valence-corrected chi connectivity index (χ1v) is 10.0. The third-order valence-corrected chi connectivity index (χ3v) is 4.97. The van der Waals surface area contributed by atoms with Gasteiger partial charge in [-0.2, -0.15) is 0 Å². The van der Waals surface area contributed by atoms with E-state index < -0.39 is 0 Å². The monoisotopic (exact) mass is 322 g/mol. The van der Waals surface area contributed by atoms with E-state index in [4.69, 9.17) is 0 Å². The number of hydrogen-bond donors (Lipinski definition) is 0. The van der Waals surface area contributed by atoms with Crippen LogP contribution in [0.2, 0.25) is 0 Å². The third kappa shape index (κ3) is 4.97. The average Bonchev–Trinajstić information content (AvgIpc) is 2.63. The molecule has 130 valence electrons. The molecule has 0 spiro atoms. The zero-order chi connectivity index (χ0) is 17.2. The maximum absolute atomic E-state index is 2.42. The molecule has 0 aromatic heterocycles. The van der Waals surface area contributed by atoms with Crippen LogP contribution >= 0.6 is 0 Å². The topological polar surface area (TPSA) is 0 Å². The molecule has 0 bridgehead atoms. The highest BCUT2D eigenvalue weighted by molar-refractivity contribution is 5.70. The van der Waals surface area contributed by atoms with Crippen LogP contribution in [0.3, 0.4) is 0 Å². The van der Waals surface area contributed by atoms with E-state index in [1.54, 1.807) is 16.7 Å². The van der Waals surface area contributed by atoms with Gasteiger partial charge in [0.25, 0.3) is 0 Å². The van der Waals surface area contributed by atoms with Gasteiger partial charge in [-0.1, -0.05) is 82.5 Å². The van der Waals surface area contributed by atoms with Gasteiger partial charge in [-0.25, -0.2) is 0 Å². The van der Waals surface area contributed by atoms with Crippen molar-refractivity contribution in [3.05, 3.63) is 59.2 Å². The van der Waals surface area contributed by atoms with Gasteiger partial charge in [-0.05, 0) is 66.3 Å². The van der Waals surface area contributed by atoms with Crippen LogP contribution in [-0.2, 0) is 19.3 Å². The summed E-state index contributed by atoms with van der Waals surface area (Å²) in [5.74, 6) is 0. The van der Waals surface area contributed by atoms with Crippen LogP contribution in [-0.4, -0.2) is 0 Å². The van der Waals surface area contributed by atoms with Gasteiger partial charge in [-0.15, -0.1) is 0 Å². The lowest BCUT2D eigenvalue weighted by Crippen LogP contribution is -2.04. The van der Waals surface area contributed by atoms with E-state index in [9.17, 15) is 0 Å². The molecular weight excluding hydrogens is 288 g/mol. The molecule has 0 aliphatic heterocycles. The Balaban J connectivity index is 2.49. The highest BCUT2D eigenvalue weighted by Gasteiger charge is 2.14. The minimum absolute atomic E-state index is 1.22. The predicted molar refractivity (Wildman–Crippen MR) is 108 cm³/mol. The molecule has 24 heavy (non-hydrogen) atoms. The molecule has 0 N–H and O–H groups in total. The third-order valence-electron chi connectivity index (χ3n) is 4.97. The second kappa shape index (κ2) is 10.3. The van der Waals surface area contributed by atoms with E-state index in [1.807, 2.05) is 0 Å². The fourth-order valence-electron chi connectivity index (χ4n) is 3.54. The summed E-state index contributed by atoms with van der Waals surface area (Å²) in [4.78, 5) is 0. The molecule has 0 radical (unpaired) electrons. The van der Waals surface area contributed by atoms with Crippen molar-refractivity contribution in [1.82, 2.24) is 0 Å². The van der Waals surface area contributed by atoms with Crippen molar-refractivity contribution in [1.29, 1.82) is 0 Å². The molecule has 2 aromatic rings. The summed E-state index contributed by atoms with van der Waals surface area (Å²) in [7, 11) is 0. The normalized spacial score (nSPS) is 11.0. The highest BCUT2D eigenvalue weighted by atomic mass is 14.2. The first kappa shape index (κ1) is 18.8. The lowest BCUT2D eigenvalue weighted by atomic mass is 9.85. The molecule has 0 atom stereocenters. The quantitative estimate of drug-likeness (QED) is 0.428. The number of unbranched alkanes of at least 4 members (excludes halogenated alkanes) is 3. The second-order valence-electron chi connectivity index (χ2n) is 6.91. The van der Waals surface area contributed by atoms with Crippen molar-refractivity contribution < 1.29 is 0 Å². The molecule has 0 nitrogen and oxygen atoms in total. The standard InChI is InChI=1S/C24H34/c1-4-7-13-21-18-19-23(20-14-11-10-12-15-20)24(17-9-6-3)22(21)16-8-5-2/h10-12,14-15,18-19H,4-9,13,16-17H2,1-3H3. The van der Waals surface area contributed by atoms with Gasteiger partial charge in [0, 0.05) is 0 Å². The summed E-state index contributed by atoms with van der Waals surface area (Å²) in [6, 6.07) is 15.8. The zero-order valence-electron chi connectivity index (χ0n) is 15.9. The predicted octanol–water partition coefficient (Wildman–Crippen LogP) is 7.38. The molecular formula is C24H34. The molecule has 2 aromatic carbocycles. The molecule has 0 aliphatic carbocycles. The summed E-state index contributed by atoms with van der Waals surface area (Å²) in [6.45, 7) is 6.90. The summed E-state index contributed by atoms with van der Waals surface area (Å²) >= 11 is 0. The van der Waals surface area contributed by atoms with Gasteiger partial charge < -0.3 is 0 Å². The molecule has 0 amide bonds. The fourth-order valence-corrected chi connectivity index (χ4v) is 3.54. The van der Waals surface area contributed by atoms with Gasteiger partial charge in [-0.3, -0.25) is 0 Å². The molecule has 0 aliphatic rings. The molecule has 0 unspecified atom stereocenters. The summed E-state index contributed by atoms with van der Waals surface area (Å²) in [6.07, 6.45) is 11.4. The first-order chi connectivity index (χ1) is 11.8. The van der Waals surface area contributed by atoms with E-state index in [2.05, 4.69) is 63.2 Å². The summed E-state index contributed by atoms with van der Waals surface area (Å²) < 4.78 is 0. The minimum atomic E-state index is 1.22. The SMILES string of the molecule is CCCCc1ccc(-c2ccccc2)c(CCCC)c1CCCC. The molecule has 2 rings (SSSR count). The van der Waals surface area contributed by atoms with Crippen molar-refractivity contribution in [2.45, 2.75) is 78.6 Å². The van der Waals surface area contributed by atoms with Crippen molar-refractivity contribution in [2.75, 3.05) is 0 Å². The number of aryl methyl sites for hydroxylation is 1. The average molecular weight is 323 g/mol. The minimum Gasteiger partial charge on any atom is -0.0654 e. The molecule has 0 fully saturated rings. The van der Waals surface area contributed by atoms with Crippen molar-refractivity contribution in [2.24, 2.45) is 0 Å². The Kier molecular flexibility index (Phi) is 8.08. The van der Waals surface area contributed by atoms with Crippen molar-refractivity contribution in [3.8, 4) is 11.1 Å². The lowest BCUT2D eigenvalue weighted by molar-refractivity contribution is 0.736. The van der Waals surface area contributed by atoms with Gasteiger partial charge in [0.05, 0.1) is 0 Å². The highest BCUT2D eigenvalue weighted by Crippen LogP contribution is 2.32. The number of rotatable bonds is 10. The number of hydrogen-bond acceptors (Lipinski definition) is 0. The molecule has 0 heterocycles. The van der Waals surface area contributed by atoms with E-state index in [1.165, 1.54) is 68.9 Å². The van der Waals surface area contributed by atoms with Gasteiger partial charge in [0.15, 0.2) is 0 Å². The van der Waals surface area contributed by atoms with Crippen LogP contribution in [0.4, 0.5) is 0 Å². The Morgan fingerprint density at radius 1 is 0.583 bits per heavy atom. The molecule has 0 saturated carbocycles. The van der Waals surface area contributed by atoms with E-state index in [0.29, 0.717) is 0 Å². The largest absolute Gasteiger partial charge is 0.0654 e. The van der Waals surface area contributed by atoms with E-state index >= 15 is 0 Å². The molecule has 0 saturated heterocycles. The first-order valence-electron chi connectivity index (χ1n) is 10.0. The smallest absolute Gasteiger partial charge is 0.0149 e. The molecule has 0 heteroatoms. The van der Waals surface area contributed by atoms with E-state index in [0.717, 1.165) is 0 Å². The van der Waals surface area contributed by atoms with E-state index in [-0.39, 0.29) is 0 Å².